The van der Waals surface area contributed by atoms with E-state index in [2.05, 4.69) is 15.1 Å². The standard InChI is InChI=1S/C17H18ClN3O2/c1-11-3-8-16(20-19-11)21-9-14(15(10-21)17(22)23-2)12-4-6-13(18)7-5-12/h3-8,14-15H,9-10H2,1-2H3/t14-,15+/m0/s1. The van der Waals surface area contributed by atoms with Crippen LogP contribution in [-0.2, 0) is 9.53 Å². The van der Waals surface area contributed by atoms with Crippen LogP contribution in [0.25, 0.3) is 0 Å². The lowest BCUT2D eigenvalue weighted by Crippen LogP contribution is -2.25. The van der Waals surface area contributed by atoms with Gasteiger partial charge in [-0.3, -0.25) is 4.79 Å². The van der Waals surface area contributed by atoms with Gasteiger partial charge in [-0.15, -0.1) is 5.10 Å². The first-order valence-corrected chi connectivity index (χ1v) is 7.85. The highest BCUT2D eigenvalue weighted by Crippen LogP contribution is 2.35. The minimum absolute atomic E-state index is 0.0443. The van der Waals surface area contributed by atoms with Crippen molar-refractivity contribution in [2.24, 2.45) is 5.92 Å². The van der Waals surface area contributed by atoms with Crippen molar-refractivity contribution in [2.75, 3.05) is 25.1 Å². The Hall–Kier alpha value is -2.14. The summed E-state index contributed by atoms with van der Waals surface area (Å²) in [5.74, 6) is 0.389. The van der Waals surface area contributed by atoms with E-state index in [0.29, 0.717) is 18.1 Å². The molecular formula is C17H18ClN3O2. The molecule has 0 amide bonds. The molecule has 1 fully saturated rings. The molecule has 0 spiro atoms. The summed E-state index contributed by atoms with van der Waals surface area (Å²) in [7, 11) is 1.43. The molecule has 1 aliphatic heterocycles. The molecule has 2 heterocycles. The maximum absolute atomic E-state index is 12.2. The predicted octanol–water partition coefficient (Wildman–Crippen LogP) is 2.83. The monoisotopic (exact) mass is 331 g/mol. The maximum atomic E-state index is 12.2. The Morgan fingerprint density at radius 3 is 2.52 bits per heavy atom. The number of aryl methyl sites for hydroxylation is 1. The highest BCUT2D eigenvalue weighted by Gasteiger charge is 2.39. The van der Waals surface area contributed by atoms with Crippen LogP contribution in [0, 0.1) is 12.8 Å². The average Bonchev–Trinajstić information content (AvgIpc) is 3.00. The fraction of sp³-hybridized carbons (Fsp3) is 0.353. The van der Waals surface area contributed by atoms with Crippen molar-refractivity contribution >= 4 is 23.4 Å². The Morgan fingerprint density at radius 2 is 1.91 bits per heavy atom. The van der Waals surface area contributed by atoms with Crippen LogP contribution >= 0.6 is 11.6 Å². The van der Waals surface area contributed by atoms with Crippen LogP contribution in [0.5, 0.6) is 0 Å². The quantitative estimate of drug-likeness (QED) is 0.809. The van der Waals surface area contributed by atoms with E-state index >= 15 is 0 Å². The summed E-state index contributed by atoms with van der Waals surface area (Å²) >= 11 is 5.96. The van der Waals surface area contributed by atoms with Gasteiger partial charge in [-0.1, -0.05) is 23.7 Å². The number of rotatable bonds is 3. The lowest BCUT2D eigenvalue weighted by atomic mass is 9.89. The molecule has 0 bridgehead atoms. The minimum atomic E-state index is -0.232. The third kappa shape index (κ3) is 3.29. The van der Waals surface area contributed by atoms with Gasteiger partial charge in [0, 0.05) is 24.0 Å². The topological polar surface area (TPSA) is 55.3 Å². The molecule has 1 aromatic carbocycles. The van der Waals surface area contributed by atoms with E-state index in [1.807, 2.05) is 43.3 Å². The normalized spacial score (nSPS) is 20.6. The molecule has 0 aliphatic carbocycles. The Kier molecular flexibility index (Phi) is 4.48. The number of hydrogen-bond acceptors (Lipinski definition) is 5. The molecule has 0 N–H and O–H groups in total. The Bertz CT molecular complexity index is 688. The van der Waals surface area contributed by atoms with E-state index in [1.165, 1.54) is 7.11 Å². The maximum Gasteiger partial charge on any atom is 0.311 e. The van der Waals surface area contributed by atoms with Crippen molar-refractivity contribution in [3.8, 4) is 0 Å². The average molecular weight is 332 g/mol. The zero-order valence-corrected chi connectivity index (χ0v) is 13.8. The number of hydrogen-bond donors (Lipinski definition) is 0. The highest BCUT2D eigenvalue weighted by molar-refractivity contribution is 6.30. The molecule has 5 nitrogen and oxygen atoms in total. The van der Waals surface area contributed by atoms with E-state index in [4.69, 9.17) is 16.3 Å². The van der Waals surface area contributed by atoms with Gasteiger partial charge in [0.25, 0.3) is 0 Å². The second kappa shape index (κ2) is 6.54. The number of benzene rings is 1. The van der Waals surface area contributed by atoms with Gasteiger partial charge in [0.1, 0.15) is 0 Å². The van der Waals surface area contributed by atoms with Crippen LogP contribution in [0.1, 0.15) is 17.2 Å². The summed E-state index contributed by atoms with van der Waals surface area (Å²) in [6, 6.07) is 11.5. The van der Waals surface area contributed by atoms with E-state index in [-0.39, 0.29) is 17.8 Å². The van der Waals surface area contributed by atoms with Crippen molar-refractivity contribution in [3.05, 3.63) is 52.7 Å². The summed E-state index contributed by atoms with van der Waals surface area (Å²) in [6.45, 7) is 3.16. The second-order valence-electron chi connectivity index (χ2n) is 5.73. The summed E-state index contributed by atoms with van der Waals surface area (Å²) in [6.07, 6.45) is 0. The Labute approximate surface area is 140 Å². The Morgan fingerprint density at radius 1 is 1.17 bits per heavy atom. The first kappa shape index (κ1) is 15.7. The number of aromatic nitrogens is 2. The van der Waals surface area contributed by atoms with Gasteiger partial charge in [0.15, 0.2) is 5.82 Å². The second-order valence-corrected chi connectivity index (χ2v) is 6.16. The zero-order valence-electron chi connectivity index (χ0n) is 13.1. The molecule has 0 unspecified atom stereocenters. The van der Waals surface area contributed by atoms with Crippen LogP contribution in [-0.4, -0.2) is 36.4 Å². The number of carbonyl (C=O) groups is 1. The third-order valence-electron chi connectivity index (χ3n) is 4.23. The van der Waals surface area contributed by atoms with Gasteiger partial charge < -0.3 is 9.64 Å². The molecule has 1 saturated heterocycles. The molecule has 0 saturated carbocycles. The van der Waals surface area contributed by atoms with Gasteiger partial charge in [-0.05, 0) is 36.8 Å². The molecule has 3 rings (SSSR count). The molecule has 23 heavy (non-hydrogen) atoms. The number of esters is 1. The van der Waals surface area contributed by atoms with Gasteiger partial charge >= 0.3 is 5.97 Å². The van der Waals surface area contributed by atoms with Crippen LogP contribution in [0.2, 0.25) is 5.02 Å². The fourth-order valence-electron chi connectivity index (χ4n) is 2.99. The SMILES string of the molecule is COC(=O)[C@@H]1CN(c2ccc(C)nn2)C[C@H]1c1ccc(Cl)cc1. The third-order valence-corrected chi connectivity index (χ3v) is 4.48. The number of carbonyl (C=O) groups excluding carboxylic acids is 1. The van der Waals surface area contributed by atoms with E-state index in [1.54, 1.807) is 0 Å². The van der Waals surface area contributed by atoms with Crippen molar-refractivity contribution in [1.29, 1.82) is 0 Å². The van der Waals surface area contributed by atoms with E-state index in [0.717, 1.165) is 17.1 Å². The fourth-order valence-corrected chi connectivity index (χ4v) is 3.12. The molecule has 2 atom stereocenters. The number of anilines is 1. The first-order valence-electron chi connectivity index (χ1n) is 7.47. The number of nitrogens with zero attached hydrogens (tertiary/aromatic N) is 3. The van der Waals surface area contributed by atoms with Crippen LogP contribution in [0.3, 0.4) is 0 Å². The summed E-state index contributed by atoms with van der Waals surface area (Å²) in [5, 5.41) is 9.01. The van der Waals surface area contributed by atoms with Crippen molar-refractivity contribution in [3.63, 3.8) is 0 Å². The van der Waals surface area contributed by atoms with E-state index < -0.39 is 0 Å². The van der Waals surface area contributed by atoms with Crippen molar-refractivity contribution in [2.45, 2.75) is 12.8 Å². The van der Waals surface area contributed by atoms with E-state index in [9.17, 15) is 4.79 Å². The lowest BCUT2D eigenvalue weighted by molar-refractivity contribution is -0.145. The Balaban J connectivity index is 1.88. The zero-order chi connectivity index (χ0) is 16.4. The summed E-state index contributed by atoms with van der Waals surface area (Å²) in [4.78, 5) is 14.3. The minimum Gasteiger partial charge on any atom is -0.469 e. The lowest BCUT2D eigenvalue weighted by Gasteiger charge is -2.17. The largest absolute Gasteiger partial charge is 0.469 e. The van der Waals surface area contributed by atoms with Crippen molar-refractivity contribution < 1.29 is 9.53 Å². The summed E-state index contributed by atoms with van der Waals surface area (Å²) in [5.41, 5.74) is 1.94. The molecule has 6 heteroatoms. The molecule has 120 valence electrons. The summed E-state index contributed by atoms with van der Waals surface area (Å²) < 4.78 is 4.99. The van der Waals surface area contributed by atoms with Gasteiger partial charge in [0.05, 0.1) is 18.7 Å². The van der Waals surface area contributed by atoms with Gasteiger partial charge in [-0.2, -0.15) is 5.10 Å². The highest BCUT2D eigenvalue weighted by atomic mass is 35.5. The van der Waals surface area contributed by atoms with Crippen LogP contribution in [0.4, 0.5) is 5.82 Å². The van der Waals surface area contributed by atoms with Crippen molar-refractivity contribution in [1.82, 2.24) is 10.2 Å². The van der Waals surface area contributed by atoms with Gasteiger partial charge in [0.2, 0.25) is 0 Å². The van der Waals surface area contributed by atoms with Crippen LogP contribution in [0.15, 0.2) is 36.4 Å². The molecule has 1 aliphatic rings. The number of ether oxygens (including phenoxy) is 1. The smallest absolute Gasteiger partial charge is 0.311 e. The van der Waals surface area contributed by atoms with Crippen LogP contribution < -0.4 is 4.90 Å². The molecule has 0 radical (unpaired) electrons. The molecular weight excluding hydrogens is 314 g/mol. The first-order chi connectivity index (χ1) is 11.1. The number of halogens is 1. The van der Waals surface area contributed by atoms with Gasteiger partial charge in [-0.25, -0.2) is 0 Å². The predicted molar refractivity (Wildman–Crippen MR) is 88.7 cm³/mol. The molecule has 2 aromatic rings. The molecule has 1 aromatic heterocycles. The number of methoxy groups -OCH3 is 1.